The Bertz CT molecular complexity index is 975. The molecular formula is C23H33N3O4S2. The Balaban J connectivity index is 1.54. The molecule has 1 aromatic carbocycles. The first-order chi connectivity index (χ1) is 15.3. The van der Waals surface area contributed by atoms with Crippen molar-refractivity contribution in [2.45, 2.75) is 68.2 Å². The van der Waals surface area contributed by atoms with Crippen molar-refractivity contribution < 1.29 is 18.0 Å². The molecule has 7 nitrogen and oxygen atoms in total. The van der Waals surface area contributed by atoms with Crippen LogP contribution in [-0.2, 0) is 19.6 Å². The smallest absolute Gasteiger partial charge is 0.243 e. The van der Waals surface area contributed by atoms with Crippen molar-refractivity contribution in [3.8, 4) is 0 Å². The number of fused-ring (bicyclic) bond motifs is 1. The Morgan fingerprint density at radius 2 is 1.88 bits per heavy atom. The Morgan fingerprint density at radius 1 is 1.12 bits per heavy atom. The molecular weight excluding hydrogens is 446 g/mol. The summed E-state index contributed by atoms with van der Waals surface area (Å²) >= 11 is 1.39. The van der Waals surface area contributed by atoms with Crippen molar-refractivity contribution in [1.29, 1.82) is 0 Å². The molecule has 9 heteroatoms. The molecule has 0 radical (unpaired) electrons. The molecule has 0 bridgehead atoms. The number of nitrogens with one attached hydrogen (secondary N) is 1. The molecule has 2 amide bonds. The summed E-state index contributed by atoms with van der Waals surface area (Å²) in [5.74, 6) is 0.843. The van der Waals surface area contributed by atoms with E-state index < -0.39 is 10.0 Å². The molecule has 2 heterocycles. The molecule has 0 aromatic heterocycles. The summed E-state index contributed by atoms with van der Waals surface area (Å²) in [7, 11) is -3.62. The average molecular weight is 480 g/mol. The highest BCUT2D eigenvalue weighted by atomic mass is 32.2. The van der Waals surface area contributed by atoms with E-state index in [-0.39, 0.29) is 35.0 Å². The van der Waals surface area contributed by atoms with Gasteiger partial charge in [0.2, 0.25) is 21.8 Å². The van der Waals surface area contributed by atoms with Crippen LogP contribution in [0.1, 0.15) is 52.4 Å². The van der Waals surface area contributed by atoms with Crippen LogP contribution in [0.5, 0.6) is 0 Å². The quantitative estimate of drug-likeness (QED) is 0.701. The molecule has 2 fully saturated rings. The van der Waals surface area contributed by atoms with Gasteiger partial charge in [-0.05, 0) is 49.3 Å². The fraction of sp³-hybridized carbons (Fsp3) is 0.652. The summed E-state index contributed by atoms with van der Waals surface area (Å²) in [6, 6.07) is 5.07. The van der Waals surface area contributed by atoms with E-state index in [1.807, 2.05) is 0 Å². The van der Waals surface area contributed by atoms with E-state index in [0.717, 1.165) is 37.0 Å². The van der Waals surface area contributed by atoms with Crippen LogP contribution in [-0.4, -0.2) is 56.0 Å². The number of nitrogens with zero attached hydrogens (tertiary/aromatic N) is 2. The Kier molecular flexibility index (Phi) is 7.17. The normalized spacial score (nSPS) is 27.1. The standard InChI is InChI=1S/C23H33N3O4S2/c1-16-7-6-8-19(17(16)2)24-22(27)14-26-20-13-18(9-10-21(20)31-15-23(26)28)32(29,30)25-11-4-3-5-12-25/h9-10,13,16-17,19H,3-8,11-12,14-15H2,1-2H3,(H,24,27)/t16-,17+,19+/m1/s1. The molecule has 0 spiro atoms. The molecule has 4 rings (SSSR count). The van der Waals surface area contributed by atoms with E-state index in [9.17, 15) is 18.0 Å². The van der Waals surface area contributed by atoms with E-state index in [1.165, 1.54) is 27.4 Å². The van der Waals surface area contributed by atoms with Crippen molar-refractivity contribution in [1.82, 2.24) is 9.62 Å². The fourth-order valence-electron chi connectivity index (χ4n) is 4.95. The van der Waals surface area contributed by atoms with Gasteiger partial charge in [0.05, 0.1) is 16.3 Å². The van der Waals surface area contributed by atoms with Gasteiger partial charge in [0.25, 0.3) is 0 Å². The molecule has 1 saturated heterocycles. The minimum Gasteiger partial charge on any atom is -0.352 e. The maximum absolute atomic E-state index is 13.1. The summed E-state index contributed by atoms with van der Waals surface area (Å²) in [5, 5.41) is 3.13. The number of amides is 2. The number of benzene rings is 1. The number of carbonyl (C=O) groups excluding carboxylic acids is 2. The first kappa shape index (κ1) is 23.6. The van der Waals surface area contributed by atoms with Gasteiger partial charge in [-0.2, -0.15) is 4.31 Å². The minimum absolute atomic E-state index is 0.0861. The lowest BCUT2D eigenvalue weighted by molar-refractivity contribution is -0.124. The van der Waals surface area contributed by atoms with Gasteiger partial charge in [0.1, 0.15) is 6.54 Å². The van der Waals surface area contributed by atoms with Crippen LogP contribution < -0.4 is 10.2 Å². The summed E-state index contributed by atoms with van der Waals surface area (Å²) in [6.07, 6.45) is 6.00. The second kappa shape index (κ2) is 9.73. The fourth-order valence-corrected chi connectivity index (χ4v) is 7.41. The van der Waals surface area contributed by atoms with Crippen LogP contribution in [0, 0.1) is 11.8 Å². The lowest BCUT2D eigenvalue weighted by Gasteiger charge is -2.35. The van der Waals surface area contributed by atoms with E-state index in [0.29, 0.717) is 30.6 Å². The van der Waals surface area contributed by atoms with Crippen molar-refractivity contribution in [3.63, 3.8) is 0 Å². The number of rotatable bonds is 5. The lowest BCUT2D eigenvalue weighted by Crippen LogP contribution is -2.49. The summed E-state index contributed by atoms with van der Waals surface area (Å²) < 4.78 is 27.8. The van der Waals surface area contributed by atoms with Crippen molar-refractivity contribution in [3.05, 3.63) is 18.2 Å². The number of hydrogen-bond donors (Lipinski definition) is 1. The third-order valence-corrected chi connectivity index (χ3v) is 10.1. The van der Waals surface area contributed by atoms with Gasteiger partial charge in [-0.15, -0.1) is 11.8 Å². The van der Waals surface area contributed by atoms with Gasteiger partial charge < -0.3 is 10.2 Å². The number of anilines is 1. The SMILES string of the molecule is C[C@H]1[C@H](C)CCC[C@@H]1NC(=O)CN1C(=O)CSc2ccc(S(=O)(=O)N3CCCCC3)cc21. The molecule has 1 aromatic rings. The predicted octanol–water partition coefficient (Wildman–Crippen LogP) is 3.24. The van der Waals surface area contributed by atoms with Crippen LogP contribution in [0.15, 0.2) is 28.0 Å². The van der Waals surface area contributed by atoms with E-state index in [1.54, 1.807) is 18.2 Å². The largest absolute Gasteiger partial charge is 0.352 e. The average Bonchev–Trinajstić information content (AvgIpc) is 2.79. The summed E-state index contributed by atoms with van der Waals surface area (Å²) in [6.45, 7) is 5.35. The van der Waals surface area contributed by atoms with Gasteiger partial charge in [0, 0.05) is 24.0 Å². The third kappa shape index (κ3) is 4.84. The molecule has 3 atom stereocenters. The Hall–Kier alpha value is -1.58. The molecule has 2 aliphatic heterocycles. The van der Waals surface area contributed by atoms with Gasteiger partial charge in [-0.1, -0.05) is 33.1 Å². The molecule has 32 heavy (non-hydrogen) atoms. The molecule has 1 saturated carbocycles. The van der Waals surface area contributed by atoms with Crippen molar-refractivity contribution in [2.75, 3.05) is 30.3 Å². The number of piperidine rings is 1. The predicted molar refractivity (Wildman–Crippen MR) is 126 cm³/mol. The molecule has 0 unspecified atom stereocenters. The van der Waals surface area contributed by atoms with Crippen LogP contribution in [0.2, 0.25) is 0 Å². The topological polar surface area (TPSA) is 86.8 Å². The maximum atomic E-state index is 13.1. The van der Waals surface area contributed by atoms with E-state index in [2.05, 4.69) is 19.2 Å². The molecule has 176 valence electrons. The van der Waals surface area contributed by atoms with Crippen LogP contribution in [0.25, 0.3) is 0 Å². The summed E-state index contributed by atoms with van der Waals surface area (Å²) in [5.41, 5.74) is 0.518. The van der Waals surface area contributed by atoms with Crippen LogP contribution >= 0.6 is 11.8 Å². The third-order valence-electron chi connectivity index (χ3n) is 7.18. The zero-order valence-corrected chi connectivity index (χ0v) is 20.5. The molecule has 3 aliphatic rings. The molecule has 1 aliphatic carbocycles. The monoisotopic (exact) mass is 479 g/mol. The zero-order valence-electron chi connectivity index (χ0n) is 18.9. The number of thioether (sulfide) groups is 1. The van der Waals surface area contributed by atoms with Crippen LogP contribution in [0.3, 0.4) is 0 Å². The highest BCUT2D eigenvalue weighted by molar-refractivity contribution is 8.00. The van der Waals surface area contributed by atoms with E-state index >= 15 is 0 Å². The highest BCUT2D eigenvalue weighted by Gasteiger charge is 2.33. The van der Waals surface area contributed by atoms with Crippen molar-refractivity contribution >= 4 is 39.3 Å². The number of carbonyl (C=O) groups is 2. The summed E-state index contributed by atoms with van der Waals surface area (Å²) in [4.78, 5) is 28.1. The zero-order chi connectivity index (χ0) is 22.9. The minimum atomic E-state index is -3.62. The highest BCUT2D eigenvalue weighted by Crippen LogP contribution is 2.37. The second-order valence-corrected chi connectivity index (χ2v) is 12.3. The molecule has 1 N–H and O–H groups in total. The second-order valence-electron chi connectivity index (χ2n) is 9.30. The van der Waals surface area contributed by atoms with Gasteiger partial charge >= 0.3 is 0 Å². The Labute approximate surface area is 195 Å². The number of sulfonamides is 1. The number of hydrogen-bond acceptors (Lipinski definition) is 5. The lowest BCUT2D eigenvalue weighted by atomic mass is 9.78. The van der Waals surface area contributed by atoms with Crippen LogP contribution in [0.4, 0.5) is 5.69 Å². The van der Waals surface area contributed by atoms with E-state index in [4.69, 9.17) is 0 Å². The maximum Gasteiger partial charge on any atom is 0.243 e. The first-order valence-corrected chi connectivity index (χ1v) is 14.1. The van der Waals surface area contributed by atoms with Crippen molar-refractivity contribution in [2.24, 2.45) is 11.8 Å². The van der Waals surface area contributed by atoms with Gasteiger partial charge in [0.15, 0.2) is 0 Å². The first-order valence-electron chi connectivity index (χ1n) is 11.6. The Morgan fingerprint density at radius 3 is 2.62 bits per heavy atom. The van der Waals surface area contributed by atoms with Gasteiger partial charge in [-0.25, -0.2) is 8.42 Å². The van der Waals surface area contributed by atoms with Gasteiger partial charge in [-0.3, -0.25) is 9.59 Å².